The van der Waals surface area contributed by atoms with Gasteiger partial charge in [0.2, 0.25) is 24.1 Å². The highest BCUT2D eigenvalue weighted by Crippen LogP contribution is 2.12. The molecule has 0 unspecified atom stereocenters. The first-order valence-corrected chi connectivity index (χ1v) is 13.1. The van der Waals surface area contributed by atoms with E-state index in [1.54, 1.807) is 37.3 Å². The number of nitrogens with two attached hydrogens (primary N) is 1. The molecule has 0 radical (unpaired) electrons. The number of hydrogen-bond acceptors (Lipinski definition) is 8. The minimum absolute atomic E-state index is 0.0889. The Morgan fingerprint density at radius 3 is 2.34 bits per heavy atom. The summed E-state index contributed by atoms with van der Waals surface area (Å²) in [6, 6.07) is 4.90. The number of nitrogens with zero attached hydrogens (tertiary/aromatic N) is 1. The van der Waals surface area contributed by atoms with Crippen molar-refractivity contribution in [3.8, 4) is 0 Å². The molecule has 224 valence electrons. The predicted molar refractivity (Wildman–Crippen MR) is 149 cm³/mol. The van der Waals surface area contributed by atoms with Gasteiger partial charge in [-0.2, -0.15) is 0 Å². The van der Waals surface area contributed by atoms with Crippen LogP contribution < -0.4 is 27.0 Å². The summed E-state index contributed by atoms with van der Waals surface area (Å²) in [4.78, 5) is 82.5. The molecule has 1 aromatic carbocycles. The van der Waals surface area contributed by atoms with Crippen LogP contribution in [0.4, 0.5) is 10.5 Å². The van der Waals surface area contributed by atoms with Gasteiger partial charge < -0.3 is 31.7 Å². The first-order chi connectivity index (χ1) is 19.7. The molecule has 0 bridgehead atoms. The molecule has 0 aliphatic carbocycles. The SMILES string of the molecule is C/C=C\C(=O)N(C=O)CCCCCC(=O)NCC(=O)N[C@@H](CCCNC(N)=O)C(=O)Nc1ccc(COC=O)cc1. The minimum Gasteiger partial charge on any atom is -0.463 e. The lowest BCUT2D eigenvalue weighted by Gasteiger charge is -2.19. The monoisotopic (exact) mass is 574 g/mol. The lowest BCUT2D eigenvalue weighted by molar-refractivity contribution is -0.134. The van der Waals surface area contributed by atoms with Crippen LogP contribution in [0.15, 0.2) is 36.4 Å². The summed E-state index contributed by atoms with van der Waals surface area (Å²) in [5, 5.41) is 10.2. The highest BCUT2D eigenvalue weighted by atomic mass is 16.5. The predicted octanol–water partition coefficient (Wildman–Crippen LogP) is 0.469. The molecular weight excluding hydrogens is 536 g/mol. The van der Waals surface area contributed by atoms with Gasteiger partial charge in [-0.15, -0.1) is 0 Å². The number of unbranched alkanes of at least 4 members (excludes halogenated alkanes) is 2. The molecule has 0 heterocycles. The third kappa shape index (κ3) is 15.4. The van der Waals surface area contributed by atoms with Gasteiger partial charge in [0.25, 0.3) is 12.4 Å². The molecular formula is C27H38N6O8. The number of rotatable bonds is 20. The van der Waals surface area contributed by atoms with Crippen molar-refractivity contribution in [3.05, 3.63) is 42.0 Å². The molecule has 1 rings (SSSR count). The van der Waals surface area contributed by atoms with Crippen molar-refractivity contribution < 1.29 is 38.3 Å². The molecule has 14 nitrogen and oxygen atoms in total. The van der Waals surface area contributed by atoms with Crippen LogP contribution in [0.2, 0.25) is 0 Å². The van der Waals surface area contributed by atoms with Crippen LogP contribution in [0.25, 0.3) is 0 Å². The molecule has 0 spiro atoms. The van der Waals surface area contributed by atoms with Crippen LogP contribution in [0.3, 0.4) is 0 Å². The Labute approximate surface area is 238 Å². The molecule has 14 heteroatoms. The molecule has 0 saturated heterocycles. The van der Waals surface area contributed by atoms with E-state index in [9.17, 15) is 33.6 Å². The number of ether oxygens (including phenoxy) is 1. The molecule has 0 aromatic heterocycles. The molecule has 1 aromatic rings. The second kappa shape index (κ2) is 20.2. The van der Waals surface area contributed by atoms with E-state index < -0.39 is 29.8 Å². The van der Waals surface area contributed by atoms with Gasteiger partial charge in [0.1, 0.15) is 12.6 Å². The fourth-order valence-corrected chi connectivity index (χ4v) is 3.54. The number of carbonyl (C=O) groups is 7. The van der Waals surface area contributed by atoms with E-state index in [0.29, 0.717) is 44.3 Å². The van der Waals surface area contributed by atoms with E-state index >= 15 is 0 Å². The Morgan fingerprint density at radius 2 is 1.71 bits per heavy atom. The molecule has 1 atom stereocenters. The summed E-state index contributed by atoms with van der Waals surface area (Å²) in [6.07, 6.45) is 5.62. The molecule has 6 N–H and O–H groups in total. The van der Waals surface area contributed by atoms with Gasteiger partial charge >= 0.3 is 6.03 Å². The van der Waals surface area contributed by atoms with Gasteiger partial charge in [-0.25, -0.2) is 4.79 Å². The molecule has 0 fully saturated rings. The van der Waals surface area contributed by atoms with Crippen molar-refractivity contribution in [2.45, 2.75) is 58.1 Å². The first kappa shape index (κ1) is 34.3. The van der Waals surface area contributed by atoms with Crippen LogP contribution >= 0.6 is 0 Å². The Hall–Kier alpha value is -4.75. The molecule has 0 aliphatic rings. The van der Waals surface area contributed by atoms with Crippen LogP contribution in [-0.2, 0) is 40.1 Å². The quantitative estimate of drug-likeness (QED) is 0.0838. The van der Waals surface area contributed by atoms with Gasteiger partial charge in [0.05, 0.1) is 6.54 Å². The normalized spacial score (nSPS) is 11.1. The van der Waals surface area contributed by atoms with Gasteiger partial charge in [-0.05, 0) is 56.4 Å². The zero-order chi connectivity index (χ0) is 30.5. The molecule has 0 aliphatic heterocycles. The fraction of sp³-hybridized carbons (Fsp3) is 0.444. The van der Waals surface area contributed by atoms with E-state index in [4.69, 9.17) is 5.73 Å². The van der Waals surface area contributed by atoms with E-state index in [0.717, 1.165) is 10.5 Å². The van der Waals surface area contributed by atoms with Crippen molar-refractivity contribution >= 4 is 48.2 Å². The Bertz CT molecular complexity index is 1060. The van der Waals surface area contributed by atoms with Gasteiger partial charge in [-0.3, -0.25) is 33.7 Å². The van der Waals surface area contributed by atoms with Crippen LogP contribution in [0, 0.1) is 0 Å². The van der Waals surface area contributed by atoms with E-state index in [-0.39, 0.29) is 45.0 Å². The zero-order valence-electron chi connectivity index (χ0n) is 23.1. The number of allylic oxidation sites excluding steroid dienone is 1. The maximum Gasteiger partial charge on any atom is 0.312 e. The third-order valence-corrected chi connectivity index (χ3v) is 5.63. The Balaban J connectivity index is 2.53. The number of benzene rings is 1. The standard InChI is InChI=1S/C27H38N6O8/c1-2-7-25(38)33(18-34)15-5-3-4-9-23(36)30-16-24(37)32-22(8-6-14-29-27(28)40)26(39)31-21-12-10-20(11-13-21)17-41-19-35/h2,7,10-13,18-19,22H,3-6,8-9,14-17H2,1H3,(H,30,36)(H,31,39)(H,32,37)(H3,28,29,40)/b7-2-/t22-/m0/s1. The highest BCUT2D eigenvalue weighted by Gasteiger charge is 2.21. The largest absolute Gasteiger partial charge is 0.463 e. The maximum atomic E-state index is 12.9. The van der Waals surface area contributed by atoms with Gasteiger partial charge in [0, 0.05) is 25.2 Å². The van der Waals surface area contributed by atoms with Crippen molar-refractivity contribution in [3.63, 3.8) is 0 Å². The van der Waals surface area contributed by atoms with Gasteiger partial charge in [0.15, 0.2) is 0 Å². The van der Waals surface area contributed by atoms with E-state index in [1.165, 1.54) is 6.08 Å². The second-order valence-corrected chi connectivity index (χ2v) is 8.87. The third-order valence-electron chi connectivity index (χ3n) is 5.63. The zero-order valence-corrected chi connectivity index (χ0v) is 23.1. The van der Waals surface area contributed by atoms with E-state index in [2.05, 4.69) is 26.0 Å². The number of primary amides is 1. The van der Waals surface area contributed by atoms with Crippen molar-refractivity contribution in [2.75, 3.05) is 25.0 Å². The van der Waals surface area contributed by atoms with Crippen molar-refractivity contribution in [2.24, 2.45) is 5.73 Å². The summed E-state index contributed by atoms with van der Waals surface area (Å²) in [5.74, 6) is -1.84. The number of amides is 7. The Morgan fingerprint density at radius 1 is 0.976 bits per heavy atom. The second-order valence-electron chi connectivity index (χ2n) is 8.87. The van der Waals surface area contributed by atoms with E-state index in [1.807, 2.05) is 0 Å². The smallest absolute Gasteiger partial charge is 0.312 e. The topological polar surface area (TPSA) is 206 Å². The van der Waals surface area contributed by atoms with Crippen LogP contribution in [0.5, 0.6) is 0 Å². The summed E-state index contributed by atoms with van der Waals surface area (Å²) in [6.45, 7) is 2.20. The number of nitrogens with one attached hydrogen (secondary N) is 4. The van der Waals surface area contributed by atoms with Crippen molar-refractivity contribution in [1.82, 2.24) is 20.9 Å². The maximum absolute atomic E-state index is 12.9. The summed E-state index contributed by atoms with van der Waals surface area (Å²) >= 11 is 0. The fourth-order valence-electron chi connectivity index (χ4n) is 3.54. The lowest BCUT2D eigenvalue weighted by atomic mass is 10.1. The minimum atomic E-state index is -0.960. The number of urea groups is 1. The van der Waals surface area contributed by atoms with Crippen LogP contribution in [-0.4, -0.2) is 73.1 Å². The number of anilines is 1. The summed E-state index contributed by atoms with van der Waals surface area (Å²) in [5.41, 5.74) is 6.23. The average Bonchev–Trinajstić information content (AvgIpc) is 2.94. The summed E-state index contributed by atoms with van der Waals surface area (Å²) in [7, 11) is 0. The molecule has 0 saturated carbocycles. The lowest BCUT2D eigenvalue weighted by Crippen LogP contribution is -2.47. The van der Waals surface area contributed by atoms with Crippen molar-refractivity contribution in [1.29, 1.82) is 0 Å². The first-order valence-electron chi connectivity index (χ1n) is 13.1. The highest BCUT2D eigenvalue weighted by molar-refractivity contribution is 5.97. The molecule has 41 heavy (non-hydrogen) atoms. The number of carbonyl (C=O) groups excluding carboxylic acids is 7. The Kier molecular flexibility index (Phi) is 16.9. The van der Waals surface area contributed by atoms with Crippen LogP contribution in [0.1, 0.15) is 51.0 Å². The van der Waals surface area contributed by atoms with Gasteiger partial charge in [-0.1, -0.05) is 24.6 Å². The average molecular weight is 575 g/mol. The molecule has 7 amide bonds. The number of hydrogen-bond donors (Lipinski definition) is 5. The summed E-state index contributed by atoms with van der Waals surface area (Å²) < 4.78 is 4.68. The number of imide groups is 1.